The van der Waals surface area contributed by atoms with Gasteiger partial charge in [0, 0.05) is 23.9 Å². The molecule has 1 aliphatic rings. The Labute approximate surface area is 106 Å². The first kappa shape index (κ1) is 12.4. The normalized spacial score (nSPS) is 25.9. The summed E-state index contributed by atoms with van der Waals surface area (Å²) in [5, 5.41) is 3.42. The van der Waals surface area contributed by atoms with Gasteiger partial charge in [0.05, 0.1) is 10.4 Å². The van der Waals surface area contributed by atoms with Gasteiger partial charge in [-0.05, 0) is 31.5 Å². The molecule has 90 valence electrons. The molecule has 2 unspecified atom stereocenters. The highest BCUT2D eigenvalue weighted by atomic mass is 35.5. The molecule has 0 saturated carbocycles. The molecule has 4 heteroatoms. The topological polar surface area (TPSA) is 21.3 Å². The Hall–Kier alpha value is -0.0900. The van der Waals surface area contributed by atoms with Crippen LogP contribution in [0.2, 0.25) is 4.34 Å². The van der Waals surface area contributed by atoms with Crippen molar-refractivity contribution in [3.63, 3.8) is 0 Å². The van der Waals surface area contributed by atoms with E-state index in [4.69, 9.17) is 16.3 Å². The van der Waals surface area contributed by atoms with E-state index in [1.165, 1.54) is 17.7 Å². The van der Waals surface area contributed by atoms with E-state index in [2.05, 4.69) is 18.3 Å². The minimum atomic E-state index is 0.241. The summed E-state index contributed by atoms with van der Waals surface area (Å²) in [6.07, 6.45) is 2.66. The summed E-state index contributed by atoms with van der Waals surface area (Å²) in [4.78, 5) is 1.27. The maximum atomic E-state index is 5.98. The smallest absolute Gasteiger partial charge is 0.0957 e. The third-order valence-electron chi connectivity index (χ3n) is 2.98. The van der Waals surface area contributed by atoms with Gasteiger partial charge < -0.3 is 10.1 Å². The maximum Gasteiger partial charge on any atom is 0.0957 e. The van der Waals surface area contributed by atoms with Crippen molar-refractivity contribution in [3.05, 3.63) is 21.3 Å². The molecular formula is C12H18ClNOS. The average Bonchev–Trinajstić information content (AvgIpc) is 2.73. The summed E-state index contributed by atoms with van der Waals surface area (Å²) in [6, 6.07) is 4.06. The Morgan fingerprint density at radius 1 is 1.56 bits per heavy atom. The quantitative estimate of drug-likeness (QED) is 0.894. The largest absolute Gasteiger partial charge is 0.372 e. The van der Waals surface area contributed by atoms with E-state index in [-0.39, 0.29) is 6.10 Å². The minimum Gasteiger partial charge on any atom is -0.372 e. The first-order chi connectivity index (χ1) is 7.81. The third-order valence-corrected chi connectivity index (χ3v) is 4.27. The molecule has 1 fully saturated rings. The van der Waals surface area contributed by atoms with E-state index in [1.54, 1.807) is 11.3 Å². The monoisotopic (exact) mass is 259 g/mol. The van der Waals surface area contributed by atoms with Crippen LogP contribution < -0.4 is 5.32 Å². The number of halogens is 1. The van der Waals surface area contributed by atoms with Gasteiger partial charge in [0.2, 0.25) is 0 Å². The van der Waals surface area contributed by atoms with Crippen LogP contribution in [0, 0.1) is 5.92 Å². The van der Waals surface area contributed by atoms with Crippen molar-refractivity contribution in [2.45, 2.75) is 25.9 Å². The zero-order valence-corrected chi connectivity index (χ0v) is 11.1. The molecular weight excluding hydrogens is 242 g/mol. The molecule has 1 aliphatic heterocycles. The van der Waals surface area contributed by atoms with Gasteiger partial charge in [0.25, 0.3) is 0 Å². The first-order valence-corrected chi connectivity index (χ1v) is 7.08. The standard InChI is InChI=1S/C12H18ClNOS/c1-2-14-8-9-4-3-7-15-12(9)10-5-6-11(13)16-10/h5-6,9,12,14H,2-4,7-8H2,1H3. The van der Waals surface area contributed by atoms with Gasteiger partial charge >= 0.3 is 0 Å². The Morgan fingerprint density at radius 3 is 3.12 bits per heavy atom. The SMILES string of the molecule is CCNCC1CCCOC1c1ccc(Cl)s1. The summed E-state index contributed by atoms with van der Waals surface area (Å²) in [6.45, 7) is 5.08. The Bertz CT molecular complexity index is 329. The van der Waals surface area contributed by atoms with Crippen molar-refractivity contribution in [3.8, 4) is 0 Å². The fourth-order valence-electron chi connectivity index (χ4n) is 2.18. The zero-order valence-electron chi connectivity index (χ0n) is 9.54. The molecule has 2 atom stereocenters. The van der Waals surface area contributed by atoms with Crippen LogP contribution in [0.15, 0.2) is 12.1 Å². The van der Waals surface area contributed by atoms with Crippen molar-refractivity contribution in [2.75, 3.05) is 19.7 Å². The van der Waals surface area contributed by atoms with E-state index < -0.39 is 0 Å². The lowest BCUT2D eigenvalue weighted by molar-refractivity contribution is -0.0254. The Balaban J connectivity index is 2.04. The molecule has 0 bridgehead atoms. The average molecular weight is 260 g/mol. The van der Waals surface area contributed by atoms with Crippen molar-refractivity contribution in [1.29, 1.82) is 0 Å². The van der Waals surface area contributed by atoms with E-state index >= 15 is 0 Å². The lowest BCUT2D eigenvalue weighted by atomic mass is 9.93. The van der Waals surface area contributed by atoms with Gasteiger partial charge in [-0.25, -0.2) is 0 Å². The molecule has 2 rings (SSSR count). The van der Waals surface area contributed by atoms with Crippen LogP contribution in [0.3, 0.4) is 0 Å². The van der Waals surface area contributed by atoms with Crippen molar-refractivity contribution < 1.29 is 4.74 Å². The maximum absolute atomic E-state index is 5.98. The lowest BCUT2D eigenvalue weighted by Gasteiger charge is -2.31. The second-order valence-corrected chi connectivity index (χ2v) is 5.89. The van der Waals surface area contributed by atoms with Crippen molar-refractivity contribution in [2.24, 2.45) is 5.92 Å². The van der Waals surface area contributed by atoms with Gasteiger partial charge in [-0.2, -0.15) is 0 Å². The van der Waals surface area contributed by atoms with E-state index in [0.717, 1.165) is 24.0 Å². The van der Waals surface area contributed by atoms with Gasteiger partial charge in [-0.1, -0.05) is 18.5 Å². The summed E-state index contributed by atoms with van der Waals surface area (Å²) in [7, 11) is 0. The molecule has 1 aromatic rings. The number of hydrogen-bond donors (Lipinski definition) is 1. The summed E-state index contributed by atoms with van der Waals surface area (Å²) < 4.78 is 6.75. The van der Waals surface area contributed by atoms with E-state index in [9.17, 15) is 0 Å². The molecule has 0 aromatic carbocycles. The van der Waals surface area contributed by atoms with Crippen LogP contribution in [0.25, 0.3) is 0 Å². The number of rotatable bonds is 4. The van der Waals surface area contributed by atoms with Gasteiger partial charge in [0.15, 0.2) is 0 Å². The fourth-order valence-corrected chi connectivity index (χ4v) is 3.38. The van der Waals surface area contributed by atoms with Gasteiger partial charge in [-0.3, -0.25) is 0 Å². The van der Waals surface area contributed by atoms with Gasteiger partial charge in [-0.15, -0.1) is 11.3 Å². The van der Waals surface area contributed by atoms with Crippen LogP contribution in [0.1, 0.15) is 30.7 Å². The number of ether oxygens (including phenoxy) is 1. The third kappa shape index (κ3) is 2.98. The van der Waals surface area contributed by atoms with Crippen LogP contribution in [-0.4, -0.2) is 19.7 Å². The summed E-state index contributed by atoms with van der Waals surface area (Å²) >= 11 is 7.62. The molecule has 1 N–H and O–H groups in total. The molecule has 2 heterocycles. The number of nitrogens with one attached hydrogen (secondary N) is 1. The molecule has 0 amide bonds. The second kappa shape index (κ2) is 6.01. The molecule has 0 radical (unpaired) electrons. The Kier molecular flexibility index (Phi) is 4.65. The molecule has 0 aliphatic carbocycles. The molecule has 16 heavy (non-hydrogen) atoms. The highest BCUT2D eigenvalue weighted by Gasteiger charge is 2.28. The zero-order chi connectivity index (χ0) is 11.4. The predicted molar refractivity (Wildman–Crippen MR) is 69.3 cm³/mol. The van der Waals surface area contributed by atoms with Crippen LogP contribution in [0.4, 0.5) is 0 Å². The minimum absolute atomic E-state index is 0.241. The molecule has 1 aromatic heterocycles. The number of hydrogen-bond acceptors (Lipinski definition) is 3. The van der Waals surface area contributed by atoms with Crippen LogP contribution in [0.5, 0.6) is 0 Å². The highest BCUT2D eigenvalue weighted by molar-refractivity contribution is 7.16. The summed E-state index contributed by atoms with van der Waals surface area (Å²) in [5.74, 6) is 0.586. The van der Waals surface area contributed by atoms with Crippen molar-refractivity contribution >= 4 is 22.9 Å². The van der Waals surface area contributed by atoms with E-state index in [0.29, 0.717) is 5.92 Å². The Morgan fingerprint density at radius 2 is 2.44 bits per heavy atom. The van der Waals surface area contributed by atoms with Crippen molar-refractivity contribution in [1.82, 2.24) is 5.32 Å². The van der Waals surface area contributed by atoms with Crippen LogP contribution in [-0.2, 0) is 4.74 Å². The summed E-state index contributed by atoms with van der Waals surface area (Å²) in [5.41, 5.74) is 0. The molecule has 0 spiro atoms. The second-order valence-electron chi connectivity index (χ2n) is 4.14. The first-order valence-electron chi connectivity index (χ1n) is 5.89. The predicted octanol–water partition coefficient (Wildman–Crippen LogP) is 3.48. The van der Waals surface area contributed by atoms with Crippen LogP contribution >= 0.6 is 22.9 Å². The van der Waals surface area contributed by atoms with E-state index in [1.807, 2.05) is 6.07 Å². The molecule has 1 saturated heterocycles. The lowest BCUT2D eigenvalue weighted by Crippen LogP contribution is -2.31. The molecule has 2 nitrogen and oxygen atoms in total. The highest BCUT2D eigenvalue weighted by Crippen LogP contribution is 2.37. The van der Waals surface area contributed by atoms with Gasteiger partial charge in [0.1, 0.15) is 0 Å². The number of thiophene rings is 1. The fraction of sp³-hybridized carbons (Fsp3) is 0.667.